The highest BCUT2D eigenvalue weighted by molar-refractivity contribution is 7.89. The number of anilines is 1. The van der Waals surface area contributed by atoms with Crippen molar-refractivity contribution in [3.05, 3.63) is 29.4 Å². The van der Waals surface area contributed by atoms with E-state index in [1.54, 1.807) is 66.8 Å². The summed E-state index contributed by atoms with van der Waals surface area (Å²) in [5.41, 5.74) is 0.0350. The normalized spacial score (nSPS) is 18.0. The van der Waals surface area contributed by atoms with Crippen molar-refractivity contribution in [2.45, 2.75) is 90.1 Å². The van der Waals surface area contributed by atoms with Gasteiger partial charge in [-0.3, -0.25) is 5.32 Å². The molecule has 1 aliphatic heterocycles. The highest BCUT2D eigenvalue weighted by Crippen LogP contribution is 2.39. The molecule has 11 nitrogen and oxygen atoms in total. The highest BCUT2D eigenvalue weighted by atomic mass is 32.2. The zero-order valence-corrected chi connectivity index (χ0v) is 25.7. The van der Waals surface area contributed by atoms with E-state index in [-0.39, 0.29) is 29.1 Å². The maximum Gasteiger partial charge on any atom is 0.411 e. The second kappa shape index (κ2) is 13.3. The fraction of sp³-hybridized carbons (Fsp3) is 0.593. The SMILES string of the molecule is CC(C)OC(=O)NC[C@@H]1CC[C@@H](c2ncc(-c3ccc(NC(=O)OC(C)C)cc3S(=O)(=O)NC(C)(C)C)s2)OC1. The number of nitrogens with zero attached hydrogens (tertiary/aromatic N) is 1. The molecule has 0 saturated carbocycles. The lowest BCUT2D eigenvalue weighted by Crippen LogP contribution is -2.40. The molecular weight excluding hydrogens is 556 g/mol. The van der Waals surface area contributed by atoms with E-state index >= 15 is 0 Å². The van der Waals surface area contributed by atoms with Crippen LogP contribution < -0.4 is 15.4 Å². The molecule has 40 heavy (non-hydrogen) atoms. The number of hydrogen-bond acceptors (Lipinski definition) is 9. The number of alkyl carbamates (subject to hydrolysis) is 1. The summed E-state index contributed by atoms with van der Waals surface area (Å²) in [5, 5.41) is 6.12. The first-order valence-corrected chi connectivity index (χ1v) is 15.6. The summed E-state index contributed by atoms with van der Waals surface area (Å²) in [4.78, 5) is 29.1. The Morgan fingerprint density at radius 3 is 2.38 bits per heavy atom. The third kappa shape index (κ3) is 9.43. The Hall–Kier alpha value is -2.74. The van der Waals surface area contributed by atoms with Crippen molar-refractivity contribution in [2.75, 3.05) is 18.5 Å². The number of carbonyl (C=O) groups excluding carboxylic acids is 2. The van der Waals surface area contributed by atoms with Crippen LogP contribution in [0.5, 0.6) is 0 Å². The molecule has 2 atom stereocenters. The summed E-state index contributed by atoms with van der Waals surface area (Å²) in [6.07, 6.45) is 1.36. The fourth-order valence-electron chi connectivity index (χ4n) is 4.05. The Kier molecular flexibility index (Phi) is 10.6. The minimum atomic E-state index is -3.96. The molecule has 13 heteroatoms. The summed E-state index contributed by atoms with van der Waals surface area (Å²) in [6.45, 7) is 13.2. The van der Waals surface area contributed by atoms with Crippen LogP contribution in [0.2, 0.25) is 0 Å². The van der Waals surface area contributed by atoms with E-state index in [0.29, 0.717) is 29.3 Å². The molecule has 2 amide bonds. The summed E-state index contributed by atoms with van der Waals surface area (Å²) < 4.78 is 45.9. The molecule has 2 heterocycles. The summed E-state index contributed by atoms with van der Waals surface area (Å²) in [6, 6.07) is 4.70. The minimum Gasteiger partial charge on any atom is -0.447 e. The minimum absolute atomic E-state index is 0.0176. The van der Waals surface area contributed by atoms with Gasteiger partial charge in [-0.1, -0.05) is 6.07 Å². The van der Waals surface area contributed by atoms with Crippen molar-refractivity contribution in [2.24, 2.45) is 5.92 Å². The molecule has 1 fully saturated rings. The number of rotatable bonds is 9. The van der Waals surface area contributed by atoms with Crippen molar-refractivity contribution < 1.29 is 32.2 Å². The first-order valence-electron chi connectivity index (χ1n) is 13.3. The van der Waals surface area contributed by atoms with Gasteiger partial charge in [-0.05, 0) is 79.4 Å². The van der Waals surface area contributed by atoms with Gasteiger partial charge in [0.2, 0.25) is 10.0 Å². The van der Waals surface area contributed by atoms with Gasteiger partial charge in [0, 0.05) is 29.5 Å². The van der Waals surface area contributed by atoms with Gasteiger partial charge in [0.15, 0.2) is 0 Å². The van der Waals surface area contributed by atoms with E-state index in [2.05, 4.69) is 20.3 Å². The molecule has 1 saturated heterocycles. The van der Waals surface area contributed by atoms with E-state index in [1.807, 2.05) is 0 Å². The van der Waals surface area contributed by atoms with Crippen LogP contribution in [0.15, 0.2) is 29.3 Å². The van der Waals surface area contributed by atoms with Crippen LogP contribution in [-0.4, -0.2) is 56.5 Å². The van der Waals surface area contributed by atoms with Gasteiger partial charge in [-0.25, -0.2) is 27.7 Å². The lowest BCUT2D eigenvalue weighted by molar-refractivity contribution is -0.0170. The molecule has 222 valence electrons. The monoisotopic (exact) mass is 596 g/mol. The quantitative estimate of drug-likeness (QED) is 0.347. The van der Waals surface area contributed by atoms with Crippen molar-refractivity contribution in [1.29, 1.82) is 0 Å². The first kappa shape index (κ1) is 31.8. The van der Waals surface area contributed by atoms with Gasteiger partial charge in [-0.2, -0.15) is 0 Å². The number of hydrogen-bond donors (Lipinski definition) is 3. The number of aromatic nitrogens is 1. The standard InChI is InChI=1S/C27H40N4O7S2/c1-16(2)37-25(32)29-13-18-8-11-21(36-15-18)24-28-14-22(39-24)20-10-9-19(30-26(33)38-17(3)4)12-23(20)40(34,35)31-27(5,6)7/h9-10,12,14,16-18,21,31H,8,11,13,15H2,1-7H3,(H,29,32)(H,30,33)/t18-,21-/m0/s1. The van der Waals surface area contributed by atoms with Gasteiger partial charge in [-0.15, -0.1) is 11.3 Å². The highest BCUT2D eigenvalue weighted by Gasteiger charge is 2.29. The molecule has 1 aliphatic rings. The van der Waals surface area contributed by atoms with E-state index in [1.165, 1.54) is 17.4 Å². The maximum absolute atomic E-state index is 13.4. The number of carbonyl (C=O) groups is 2. The Morgan fingerprint density at radius 1 is 1.10 bits per heavy atom. The second-order valence-electron chi connectivity index (χ2n) is 11.3. The lowest BCUT2D eigenvalue weighted by Gasteiger charge is -2.28. The van der Waals surface area contributed by atoms with Crippen LogP contribution in [0, 0.1) is 5.92 Å². The zero-order chi connectivity index (χ0) is 29.7. The molecule has 0 bridgehead atoms. The van der Waals surface area contributed by atoms with Crippen LogP contribution in [-0.2, 0) is 24.2 Å². The number of amides is 2. The van der Waals surface area contributed by atoms with E-state index in [4.69, 9.17) is 14.2 Å². The average Bonchev–Trinajstić information content (AvgIpc) is 3.31. The third-order valence-corrected chi connectivity index (χ3v) is 8.53. The van der Waals surface area contributed by atoms with Crippen molar-refractivity contribution in [3.8, 4) is 10.4 Å². The number of nitrogens with one attached hydrogen (secondary N) is 3. The van der Waals surface area contributed by atoms with Gasteiger partial charge in [0.05, 0.1) is 28.6 Å². The summed E-state index contributed by atoms with van der Waals surface area (Å²) in [5.74, 6) is 0.165. The molecular formula is C27H40N4O7S2. The first-order chi connectivity index (χ1) is 18.6. The molecule has 3 rings (SSSR count). The van der Waals surface area contributed by atoms with E-state index < -0.39 is 27.7 Å². The molecule has 0 unspecified atom stereocenters. The van der Waals surface area contributed by atoms with Gasteiger partial charge < -0.3 is 19.5 Å². The lowest BCUT2D eigenvalue weighted by atomic mass is 9.98. The Labute approximate surface area is 240 Å². The van der Waals surface area contributed by atoms with Crippen LogP contribution in [0.3, 0.4) is 0 Å². The maximum atomic E-state index is 13.4. The predicted molar refractivity (Wildman–Crippen MR) is 154 cm³/mol. The zero-order valence-electron chi connectivity index (χ0n) is 24.1. The Morgan fingerprint density at radius 2 is 1.77 bits per heavy atom. The smallest absolute Gasteiger partial charge is 0.411 e. The number of benzene rings is 1. The van der Waals surface area contributed by atoms with Crippen molar-refractivity contribution in [1.82, 2.24) is 15.0 Å². The van der Waals surface area contributed by atoms with Gasteiger partial charge in [0.25, 0.3) is 0 Å². The van der Waals surface area contributed by atoms with Crippen LogP contribution in [0.4, 0.5) is 15.3 Å². The van der Waals surface area contributed by atoms with Crippen LogP contribution in [0.25, 0.3) is 10.4 Å². The largest absolute Gasteiger partial charge is 0.447 e. The van der Waals surface area contributed by atoms with Crippen LogP contribution in [0.1, 0.15) is 72.4 Å². The summed E-state index contributed by atoms with van der Waals surface area (Å²) >= 11 is 1.37. The molecule has 0 radical (unpaired) electrons. The predicted octanol–water partition coefficient (Wildman–Crippen LogP) is 5.45. The van der Waals surface area contributed by atoms with E-state index in [9.17, 15) is 18.0 Å². The second-order valence-corrected chi connectivity index (χ2v) is 14.0. The fourth-order valence-corrected chi connectivity index (χ4v) is 6.82. The molecule has 0 spiro atoms. The number of sulfonamides is 1. The Balaban J connectivity index is 1.78. The van der Waals surface area contributed by atoms with Crippen molar-refractivity contribution in [3.63, 3.8) is 0 Å². The van der Waals surface area contributed by atoms with Crippen LogP contribution >= 0.6 is 11.3 Å². The van der Waals surface area contributed by atoms with Gasteiger partial charge in [0.1, 0.15) is 11.1 Å². The molecule has 1 aromatic heterocycles. The van der Waals surface area contributed by atoms with E-state index in [0.717, 1.165) is 17.8 Å². The molecule has 1 aromatic carbocycles. The number of thiazole rings is 1. The third-order valence-electron chi connectivity index (χ3n) is 5.61. The average molecular weight is 597 g/mol. The topological polar surface area (TPSA) is 145 Å². The summed E-state index contributed by atoms with van der Waals surface area (Å²) in [7, 11) is -3.96. The molecule has 3 N–H and O–H groups in total. The Bertz CT molecular complexity index is 1280. The van der Waals surface area contributed by atoms with Crippen molar-refractivity contribution >= 4 is 39.2 Å². The molecule has 2 aromatic rings. The van der Waals surface area contributed by atoms with Gasteiger partial charge >= 0.3 is 12.2 Å². The molecule has 0 aliphatic carbocycles. The number of ether oxygens (including phenoxy) is 3.